The van der Waals surface area contributed by atoms with Crippen LogP contribution in [0.3, 0.4) is 0 Å². The summed E-state index contributed by atoms with van der Waals surface area (Å²) in [6.45, 7) is 2.05. The zero-order chi connectivity index (χ0) is 13.0. The molecule has 2 aromatic rings. The molecular formula is C12H15N3O2S. The summed E-state index contributed by atoms with van der Waals surface area (Å²) >= 11 is 1.39. The minimum Gasteiger partial charge on any atom is -0.481 e. The monoisotopic (exact) mass is 265 g/mol. The minimum atomic E-state index is 0.105. The summed E-state index contributed by atoms with van der Waals surface area (Å²) in [6.07, 6.45) is 1.74. The van der Waals surface area contributed by atoms with Crippen molar-refractivity contribution < 1.29 is 9.47 Å². The molecule has 1 atom stereocenters. The van der Waals surface area contributed by atoms with Crippen LogP contribution in [0.2, 0.25) is 0 Å². The van der Waals surface area contributed by atoms with Gasteiger partial charge in [-0.1, -0.05) is 0 Å². The lowest BCUT2D eigenvalue weighted by Crippen LogP contribution is -2.07. The molecule has 18 heavy (non-hydrogen) atoms. The van der Waals surface area contributed by atoms with Crippen LogP contribution in [0.25, 0.3) is 0 Å². The number of nitrogens with zero attached hydrogens (tertiary/aromatic N) is 2. The molecule has 2 rings (SSSR count). The van der Waals surface area contributed by atoms with Crippen LogP contribution in [0.4, 0.5) is 5.69 Å². The number of hydrogen-bond acceptors (Lipinski definition) is 6. The molecule has 0 aromatic carbocycles. The maximum Gasteiger partial charge on any atom is 0.230 e. The summed E-state index contributed by atoms with van der Waals surface area (Å²) in [7, 11) is 3.22. The lowest BCUT2D eigenvalue weighted by Gasteiger charge is -2.14. The normalized spacial score (nSPS) is 11.9. The van der Waals surface area contributed by atoms with Gasteiger partial charge < -0.3 is 14.8 Å². The SMILES string of the molecule is COc1ccc(NC(C)c2csnc2OC)cn1. The Morgan fingerprint density at radius 3 is 2.72 bits per heavy atom. The number of rotatable bonds is 5. The zero-order valence-corrected chi connectivity index (χ0v) is 11.3. The van der Waals surface area contributed by atoms with Crippen LogP contribution in [0.5, 0.6) is 11.8 Å². The van der Waals surface area contributed by atoms with Crippen molar-refractivity contribution in [2.75, 3.05) is 19.5 Å². The zero-order valence-electron chi connectivity index (χ0n) is 10.5. The van der Waals surface area contributed by atoms with Gasteiger partial charge in [0.2, 0.25) is 11.8 Å². The van der Waals surface area contributed by atoms with Crippen molar-refractivity contribution in [3.8, 4) is 11.8 Å². The summed E-state index contributed by atoms with van der Waals surface area (Å²) in [5, 5.41) is 5.32. The highest BCUT2D eigenvalue weighted by molar-refractivity contribution is 7.03. The van der Waals surface area contributed by atoms with Gasteiger partial charge in [0.05, 0.1) is 32.1 Å². The fraction of sp³-hybridized carbons (Fsp3) is 0.333. The van der Waals surface area contributed by atoms with Gasteiger partial charge in [0.25, 0.3) is 0 Å². The van der Waals surface area contributed by atoms with Gasteiger partial charge in [0.1, 0.15) is 0 Å². The summed E-state index contributed by atoms with van der Waals surface area (Å²) < 4.78 is 14.4. The predicted octanol–water partition coefficient (Wildman–Crippen LogP) is 2.73. The third kappa shape index (κ3) is 2.70. The van der Waals surface area contributed by atoms with Crippen molar-refractivity contribution in [2.45, 2.75) is 13.0 Å². The maximum absolute atomic E-state index is 5.20. The van der Waals surface area contributed by atoms with E-state index in [0.717, 1.165) is 11.3 Å². The van der Waals surface area contributed by atoms with Crippen molar-refractivity contribution in [3.05, 3.63) is 29.3 Å². The number of methoxy groups -OCH3 is 2. The van der Waals surface area contributed by atoms with Crippen LogP contribution >= 0.6 is 11.5 Å². The van der Waals surface area contributed by atoms with Gasteiger partial charge in [-0.15, -0.1) is 0 Å². The number of aromatic nitrogens is 2. The average Bonchev–Trinajstić information content (AvgIpc) is 2.88. The molecule has 0 saturated heterocycles. The molecule has 5 nitrogen and oxygen atoms in total. The topological polar surface area (TPSA) is 56.3 Å². The van der Waals surface area contributed by atoms with Gasteiger partial charge in [-0.25, -0.2) is 4.98 Å². The van der Waals surface area contributed by atoms with Gasteiger partial charge in [-0.3, -0.25) is 0 Å². The standard InChI is InChI=1S/C12H15N3O2S/c1-8(10-7-18-15-12(10)17-3)14-9-4-5-11(16-2)13-6-9/h4-8,14H,1-3H3. The van der Waals surface area contributed by atoms with Crippen LogP contribution in [0, 0.1) is 0 Å². The molecule has 2 heterocycles. The maximum atomic E-state index is 5.20. The molecule has 0 fully saturated rings. The van der Waals surface area contributed by atoms with E-state index in [-0.39, 0.29) is 6.04 Å². The fourth-order valence-corrected chi connectivity index (χ4v) is 2.34. The van der Waals surface area contributed by atoms with Gasteiger partial charge in [-0.2, -0.15) is 4.37 Å². The Morgan fingerprint density at radius 2 is 2.11 bits per heavy atom. The molecule has 0 amide bonds. The van der Waals surface area contributed by atoms with Crippen LogP contribution in [-0.2, 0) is 0 Å². The first-order chi connectivity index (χ1) is 8.74. The van der Waals surface area contributed by atoms with E-state index < -0.39 is 0 Å². The van der Waals surface area contributed by atoms with Crippen molar-refractivity contribution in [2.24, 2.45) is 0 Å². The lowest BCUT2D eigenvalue weighted by molar-refractivity contribution is 0.395. The van der Waals surface area contributed by atoms with Gasteiger partial charge in [-0.05, 0) is 24.5 Å². The summed E-state index contributed by atoms with van der Waals surface area (Å²) in [5.41, 5.74) is 1.97. The van der Waals surface area contributed by atoms with Crippen LogP contribution in [0.1, 0.15) is 18.5 Å². The number of anilines is 1. The highest BCUT2D eigenvalue weighted by Crippen LogP contribution is 2.28. The Labute approximate surface area is 110 Å². The molecule has 0 radical (unpaired) electrons. The Bertz CT molecular complexity index is 498. The third-order valence-corrected chi connectivity index (χ3v) is 3.18. The minimum absolute atomic E-state index is 0.105. The lowest BCUT2D eigenvalue weighted by atomic mass is 10.2. The number of pyridine rings is 1. The van der Waals surface area contributed by atoms with E-state index in [4.69, 9.17) is 9.47 Å². The molecule has 6 heteroatoms. The molecule has 96 valence electrons. The molecular weight excluding hydrogens is 250 g/mol. The molecule has 0 saturated carbocycles. The first-order valence-corrected chi connectivity index (χ1v) is 6.33. The van der Waals surface area contributed by atoms with E-state index >= 15 is 0 Å². The second kappa shape index (κ2) is 5.68. The van der Waals surface area contributed by atoms with Crippen LogP contribution < -0.4 is 14.8 Å². The summed E-state index contributed by atoms with van der Waals surface area (Å²) in [6, 6.07) is 3.85. The van der Waals surface area contributed by atoms with Gasteiger partial charge in [0.15, 0.2) is 0 Å². The Hall–Kier alpha value is -1.82. The second-order valence-corrected chi connectivity index (χ2v) is 4.36. The van der Waals surface area contributed by atoms with Crippen LogP contribution in [0.15, 0.2) is 23.7 Å². The summed E-state index contributed by atoms with van der Waals surface area (Å²) in [4.78, 5) is 4.15. The van der Waals surface area contributed by atoms with Gasteiger partial charge >= 0.3 is 0 Å². The average molecular weight is 265 g/mol. The molecule has 0 aliphatic rings. The van der Waals surface area contributed by atoms with E-state index in [1.54, 1.807) is 20.4 Å². The molecule has 0 aliphatic carbocycles. The molecule has 1 unspecified atom stereocenters. The molecule has 2 aromatic heterocycles. The fourth-order valence-electron chi connectivity index (χ4n) is 1.59. The first kappa shape index (κ1) is 12.6. The Balaban J connectivity index is 2.08. The number of hydrogen-bond donors (Lipinski definition) is 1. The second-order valence-electron chi connectivity index (χ2n) is 3.73. The quantitative estimate of drug-likeness (QED) is 0.900. The largest absolute Gasteiger partial charge is 0.481 e. The van der Waals surface area contributed by atoms with Crippen molar-refractivity contribution in [3.63, 3.8) is 0 Å². The van der Waals surface area contributed by atoms with E-state index in [9.17, 15) is 0 Å². The summed E-state index contributed by atoms with van der Waals surface area (Å²) in [5.74, 6) is 1.27. The van der Waals surface area contributed by atoms with E-state index in [0.29, 0.717) is 11.8 Å². The molecule has 1 N–H and O–H groups in total. The van der Waals surface area contributed by atoms with Crippen molar-refractivity contribution in [1.82, 2.24) is 9.36 Å². The third-order valence-electron chi connectivity index (χ3n) is 2.55. The Kier molecular flexibility index (Phi) is 3.99. The number of ether oxygens (including phenoxy) is 2. The van der Waals surface area contributed by atoms with Crippen LogP contribution in [-0.4, -0.2) is 23.6 Å². The van der Waals surface area contributed by atoms with Gasteiger partial charge in [0, 0.05) is 17.0 Å². The number of nitrogens with one attached hydrogen (secondary N) is 1. The van der Waals surface area contributed by atoms with E-state index in [1.807, 2.05) is 17.5 Å². The van der Waals surface area contributed by atoms with E-state index in [1.165, 1.54) is 11.5 Å². The first-order valence-electron chi connectivity index (χ1n) is 5.49. The molecule has 0 bridgehead atoms. The molecule has 0 spiro atoms. The molecule has 0 aliphatic heterocycles. The highest BCUT2D eigenvalue weighted by Gasteiger charge is 2.13. The smallest absolute Gasteiger partial charge is 0.230 e. The highest BCUT2D eigenvalue weighted by atomic mass is 32.1. The predicted molar refractivity (Wildman–Crippen MR) is 71.5 cm³/mol. The van der Waals surface area contributed by atoms with Crippen molar-refractivity contribution >= 4 is 17.2 Å². The van der Waals surface area contributed by atoms with E-state index in [2.05, 4.69) is 21.6 Å². The van der Waals surface area contributed by atoms with Crippen molar-refractivity contribution in [1.29, 1.82) is 0 Å². The Morgan fingerprint density at radius 1 is 1.28 bits per heavy atom.